The molecule has 0 aliphatic heterocycles. The van der Waals surface area contributed by atoms with Crippen molar-refractivity contribution in [2.45, 2.75) is 96.8 Å². The first kappa shape index (κ1) is 24.3. The summed E-state index contributed by atoms with van der Waals surface area (Å²) in [5.41, 5.74) is 2.30. The van der Waals surface area contributed by atoms with Gasteiger partial charge in [0, 0.05) is 12.0 Å². The van der Waals surface area contributed by atoms with Crippen LogP contribution in [0.15, 0.2) is 30.3 Å². The molecule has 0 spiro atoms. The number of aromatic hydroxyl groups is 1. The molecule has 0 atom stereocenters. The molecule has 0 amide bonds. The number of esters is 1. The summed E-state index contributed by atoms with van der Waals surface area (Å²) in [6.07, 6.45) is 18.2. The predicted octanol–water partition coefficient (Wildman–Crippen LogP) is 7.43. The molecule has 28 heavy (non-hydrogen) atoms. The number of methoxy groups -OCH3 is 1. The number of carbonyl (C=O) groups is 1. The van der Waals surface area contributed by atoms with Gasteiger partial charge in [-0.15, -0.1) is 0 Å². The number of unbranched alkanes of at least 4 members (excludes halogenated alkanes) is 10. The van der Waals surface area contributed by atoms with Gasteiger partial charge >= 0.3 is 5.97 Å². The van der Waals surface area contributed by atoms with Crippen molar-refractivity contribution >= 4 is 11.5 Å². The first-order valence-corrected chi connectivity index (χ1v) is 11.2. The number of para-hydroxylation sites is 1. The minimum absolute atomic E-state index is 0.100. The Bertz CT molecular complexity index is 563. The Balaban J connectivity index is 2.33. The van der Waals surface area contributed by atoms with Gasteiger partial charge in [0.1, 0.15) is 5.75 Å². The number of rotatable bonds is 16. The Kier molecular flexibility index (Phi) is 14.0. The van der Waals surface area contributed by atoms with Crippen molar-refractivity contribution in [3.8, 4) is 5.75 Å². The Morgan fingerprint density at radius 3 is 2.18 bits per heavy atom. The van der Waals surface area contributed by atoms with Crippen LogP contribution in [0.4, 0.5) is 0 Å². The molecular weight excluding hydrogens is 348 g/mol. The molecule has 1 aromatic rings. The van der Waals surface area contributed by atoms with E-state index < -0.39 is 0 Å². The van der Waals surface area contributed by atoms with Crippen molar-refractivity contribution in [1.29, 1.82) is 0 Å². The molecule has 3 heteroatoms. The lowest BCUT2D eigenvalue weighted by Gasteiger charge is -2.10. The zero-order valence-electron chi connectivity index (χ0n) is 18.0. The van der Waals surface area contributed by atoms with Crippen LogP contribution >= 0.6 is 0 Å². The highest BCUT2D eigenvalue weighted by Crippen LogP contribution is 2.29. The molecular formula is C25H40O3. The highest BCUT2D eigenvalue weighted by atomic mass is 16.5. The Morgan fingerprint density at radius 1 is 0.893 bits per heavy atom. The minimum Gasteiger partial charge on any atom is -0.507 e. The molecule has 3 nitrogen and oxygen atoms in total. The van der Waals surface area contributed by atoms with Gasteiger partial charge in [0.05, 0.1) is 7.11 Å². The van der Waals surface area contributed by atoms with E-state index in [1.807, 2.05) is 18.2 Å². The summed E-state index contributed by atoms with van der Waals surface area (Å²) in [7, 11) is 1.45. The monoisotopic (exact) mass is 388 g/mol. The second kappa shape index (κ2) is 16.2. The van der Waals surface area contributed by atoms with Gasteiger partial charge in [0.25, 0.3) is 0 Å². The summed E-state index contributed by atoms with van der Waals surface area (Å²) in [4.78, 5) is 11.1. The van der Waals surface area contributed by atoms with Crippen LogP contribution in [-0.2, 0) is 9.53 Å². The van der Waals surface area contributed by atoms with Crippen LogP contribution in [0.2, 0.25) is 0 Å². The fraction of sp³-hybridized carbons (Fsp3) is 0.640. The zero-order chi connectivity index (χ0) is 20.5. The number of benzene rings is 1. The Morgan fingerprint density at radius 2 is 1.50 bits per heavy atom. The Hall–Kier alpha value is -1.77. The van der Waals surface area contributed by atoms with Crippen LogP contribution in [0.1, 0.15) is 102 Å². The van der Waals surface area contributed by atoms with E-state index in [0.717, 1.165) is 31.2 Å². The SMILES string of the molecule is CCCCCCC/C(=C/CCCCCCCCC(=O)OC)c1ccccc1O. The van der Waals surface area contributed by atoms with Gasteiger partial charge in [-0.25, -0.2) is 0 Å². The van der Waals surface area contributed by atoms with Crippen molar-refractivity contribution in [1.82, 2.24) is 0 Å². The van der Waals surface area contributed by atoms with Crippen LogP contribution in [0.25, 0.3) is 5.57 Å². The van der Waals surface area contributed by atoms with Gasteiger partial charge in [-0.3, -0.25) is 4.79 Å². The van der Waals surface area contributed by atoms with Gasteiger partial charge in [-0.2, -0.15) is 0 Å². The summed E-state index contributed by atoms with van der Waals surface area (Å²) >= 11 is 0. The second-order valence-electron chi connectivity index (χ2n) is 7.65. The average Bonchev–Trinajstić information content (AvgIpc) is 2.71. The number of hydrogen-bond donors (Lipinski definition) is 1. The van der Waals surface area contributed by atoms with Crippen molar-refractivity contribution in [3.05, 3.63) is 35.9 Å². The smallest absolute Gasteiger partial charge is 0.305 e. The fourth-order valence-corrected chi connectivity index (χ4v) is 3.51. The molecule has 0 heterocycles. The van der Waals surface area contributed by atoms with E-state index in [1.165, 1.54) is 70.5 Å². The van der Waals surface area contributed by atoms with Crippen molar-refractivity contribution in [2.24, 2.45) is 0 Å². The van der Waals surface area contributed by atoms with Gasteiger partial charge in [-0.1, -0.05) is 82.6 Å². The van der Waals surface area contributed by atoms with E-state index in [9.17, 15) is 9.90 Å². The predicted molar refractivity (Wildman–Crippen MR) is 118 cm³/mol. The fourth-order valence-electron chi connectivity index (χ4n) is 3.51. The summed E-state index contributed by atoms with van der Waals surface area (Å²) in [6, 6.07) is 7.72. The molecule has 158 valence electrons. The van der Waals surface area contributed by atoms with E-state index in [-0.39, 0.29) is 5.97 Å². The molecule has 0 aromatic heterocycles. The lowest BCUT2D eigenvalue weighted by atomic mass is 9.96. The number of hydrogen-bond acceptors (Lipinski definition) is 3. The van der Waals surface area contributed by atoms with E-state index in [4.69, 9.17) is 0 Å². The van der Waals surface area contributed by atoms with Crippen LogP contribution in [0.3, 0.4) is 0 Å². The maximum atomic E-state index is 11.1. The second-order valence-corrected chi connectivity index (χ2v) is 7.65. The number of ether oxygens (including phenoxy) is 1. The third-order valence-electron chi connectivity index (χ3n) is 5.25. The van der Waals surface area contributed by atoms with Crippen LogP contribution < -0.4 is 0 Å². The number of phenolic OH excluding ortho intramolecular Hbond substituents is 1. The van der Waals surface area contributed by atoms with Crippen molar-refractivity contribution < 1.29 is 14.6 Å². The average molecular weight is 389 g/mol. The first-order chi connectivity index (χ1) is 13.7. The lowest BCUT2D eigenvalue weighted by molar-refractivity contribution is -0.140. The maximum absolute atomic E-state index is 11.1. The number of phenols is 1. The third kappa shape index (κ3) is 11.2. The van der Waals surface area contributed by atoms with Crippen molar-refractivity contribution in [3.63, 3.8) is 0 Å². The maximum Gasteiger partial charge on any atom is 0.305 e. The van der Waals surface area contributed by atoms with Gasteiger partial charge in [0.15, 0.2) is 0 Å². The van der Waals surface area contributed by atoms with Crippen LogP contribution in [-0.4, -0.2) is 18.2 Å². The standard InChI is InChI=1S/C25H40O3/c1-3-4-5-9-12-17-22(23-19-15-16-20-24(23)26)18-13-10-7-6-8-11-14-21-25(27)28-2/h15-16,18-20,26H,3-14,17,21H2,1-2H3/b22-18-. The van der Waals surface area contributed by atoms with Gasteiger partial charge in [-0.05, 0) is 43.7 Å². The molecule has 0 aliphatic rings. The van der Waals surface area contributed by atoms with E-state index >= 15 is 0 Å². The molecule has 1 N–H and O–H groups in total. The van der Waals surface area contributed by atoms with Crippen molar-refractivity contribution in [2.75, 3.05) is 7.11 Å². The number of carbonyl (C=O) groups excluding carboxylic acids is 1. The molecule has 0 saturated carbocycles. The molecule has 1 aromatic carbocycles. The quantitative estimate of drug-likeness (QED) is 0.236. The molecule has 1 rings (SSSR count). The molecule has 0 unspecified atom stereocenters. The van der Waals surface area contributed by atoms with Gasteiger partial charge < -0.3 is 9.84 Å². The molecule has 0 radical (unpaired) electrons. The topological polar surface area (TPSA) is 46.5 Å². The third-order valence-corrected chi connectivity index (χ3v) is 5.25. The van der Waals surface area contributed by atoms with E-state index in [1.54, 1.807) is 6.07 Å². The lowest BCUT2D eigenvalue weighted by Crippen LogP contribution is -1.99. The number of allylic oxidation sites excluding steroid dienone is 2. The highest BCUT2D eigenvalue weighted by molar-refractivity contribution is 5.70. The summed E-state index contributed by atoms with van der Waals surface area (Å²) in [5, 5.41) is 10.2. The molecule has 0 aliphatic carbocycles. The summed E-state index contributed by atoms with van der Waals surface area (Å²) in [6.45, 7) is 2.24. The molecule has 0 saturated heterocycles. The van der Waals surface area contributed by atoms with E-state index in [2.05, 4.69) is 17.7 Å². The zero-order valence-corrected chi connectivity index (χ0v) is 18.0. The van der Waals surface area contributed by atoms with E-state index in [0.29, 0.717) is 12.2 Å². The van der Waals surface area contributed by atoms with Gasteiger partial charge in [0.2, 0.25) is 0 Å². The van der Waals surface area contributed by atoms with Crippen LogP contribution in [0.5, 0.6) is 5.75 Å². The van der Waals surface area contributed by atoms with Crippen LogP contribution in [0, 0.1) is 0 Å². The largest absolute Gasteiger partial charge is 0.507 e. The molecule has 0 fully saturated rings. The normalized spacial score (nSPS) is 11.6. The Labute approximate surface area is 172 Å². The first-order valence-electron chi connectivity index (χ1n) is 11.2. The highest BCUT2D eigenvalue weighted by Gasteiger charge is 2.06. The minimum atomic E-state index is -0.100. The summed E-state index contributed by atoms with van der Waals surface area (Å²) < 4.78 is 4.66. The molecule has 0 bridgehead atoms. The summed E-state index contributed by atoms with van der Waals surface area (Å²) in [5.74, 6) is 0.296.